The Hall–Kier alpha value is -0.790. The average Bonchev–Trinajstić information content (AvgIpc) is 2.56. The van der Waals surface area contributed by atoms with E-state index >= 15 is 0 Å². The Balaban J connectivity index is 2.25. The molecule has 1 nitrogen and oxygen atoms in total. The number of allylic oxidation sites excluding steroid dienone is 2. The van der Waals surface area contributed by atoms with Crippen molar-refractivity contribution in [2.75, 3.05) is 0 Å². The number of aliphatic imine (C=N–C) groups is 1. The van der Waals surface area contributed by atoms with E-state index in [4.69, 9.17) is 23.2 Å². The SMILES string of the molecule is ClC1=CCCC1=Nc1ccc(Cl)cc1. The molecule has 0 atom stereocenters. The molecule has 0 unspecified atom stereocenters. The molecule has 1 aliphatic carbocycles. The van der Waals surface area contributed by atoms with Crippen molar-refractivity contribution in [1.82, 2.24) is 0 Å². The highest BCUT2D eigenvalue weighted by atomic mass is 35.5. The van der Waals surface area contributed by atoms with Gasteiger partial charge < -0.3 is 0 Å². The van der Waals surface area contributed by atoms with Gasteiger partial charge >= 0.3 is 0 Å². The highest BCUT2D eigenvalue weighted by Gasteiger charge is 2.10. The summed E-state index contributed by atoms with van der Waals surface area (Å²) in [6, 6.07) is 7.43. The summed E-state index contributed by atoms with van der Waals surface area (Å²) in [5.41, 5.74) is 1.87. The summed E-state index contributed by atoms with van der Waals surface area (Å²) in [7, 11) is 0. The van der Waals surface area contributed by atoms with Gasteiger partial charge in [-0.25, -0.2) is 0 Å². The maximum absolute atomic E-state index is 5.96. The Morgan fingerprint density at radius 3 is 2.36 bits per heavy atom. The van der Waals surface area contributed by atoms with Gasteiger partial charge in [-0.05, 0) is 37.1 Å². The van der Waals surface area contributed by atoms with Gasteiger partial charge in [0, 0.05) is 5.02 Å². The van der Waals surface area contributed by atoms with Gasteiger partial charge in [0.2, 0.25) is 0 Å². The molecule has 0 aromatic heterocycles. The van der Waals surface area contributed by atoms with E-state index in [0.717, 1.165) is 34.3 Å². The molecule has 0 N–H and O–H groups in total. The van der Waals surface area contributed by atoms with E-state index < -0.39 is 0 Å². The highest BCUT2D eigenvalue weighted by Crippen LogP contribution is 2.23. The number of benzene rings is 1. The number of hydrogen-bond acceptors (Lipinski definition) is 1. The molecule has 0 fully saturated rings. The lowest BCUT2D eigenvalue weighted by Gasteiger charge is -1.98. The minimum absolute atomic E-state index is 0.724. The van der Waals surface area contributed by atoms with E-state index in [0.29, 0.717) is 0 Å². The maximum Gasteiger partial charge on any atom is 0.0634 e. The first-order valence-corrected chi connectivity index (χ1v) is 5.20. The molecule has 0 amide bonds. The van der Waals surface area contributed by atoms with Gasteiger partial charge in [-0.15, -0.1) is 0 Å². The lowest BCUT2D eigenvalue weighted by Crippen LogP contribution is -1.89. The van der Waals surface area contributed by atoms with Gasteiger partial charge in [-0.2, -0.15) is 0 Å². The molecule has 0 bridgehead atoms. The van der Waals surface area contributed by atoms with E-state index in [9.17, 15) is 0 Å². The summed E-state index contributed by atoms with van der Waals surface area (Å²) in [6.07, 6.45) is 3.92. The van der Waals surface area contributed by atoms with Crippen molar-refractivity contribution in [1.29, 1.82) is 0 Å². The molecule has 0 aliphatic heterocycles. The van der Waals surface area contributed by atoms with Crippen LogP contribution in [0.15, 0.2) is 40.4 Å². The van der Waals surface area contributed by atoms with Crippen molar-refractivity contribution in [3.8, 4) is 0 Å². The average molecular weight is 226 g/mol. The van der Waals surface area contributed by atoms with E-state index in [2.05, 4.69) is 4.99 Å². The minimum Gasteiger partial charge on any atom is -0.252 e. The fourth-order valence-electron chi connectivity index (χ4n) is 1.35. The second-order valence-electron chi connectivity index (χ2n) is 3.13. The molecule has 1 aromatic carbocycles. The van der Waals surface area contributed by atoms with Crippen molar-refractivity contribution in [2.45, 2.75) is 12.8 Å². The lowest BCUT2D eigenvalue weighted by atomic mass is 10.3. The fourth-order valence-corrected chi connectivity index (χ4v) is 1.73. The number of rotatable bonds is 1. The van der Waals surface area contributed by atoms with E-state index in [1.807, 2.05) is 30.3 Å². The van der Waals surface area contributed by atoms with Crippen LogP contribution in [-0.2, 0) is 0 Å². The third-order valence-electron chi connectivity index (χ3n) is 2.07. The second kappa shape index (κ2) is 4.16. The smallest absolute Gasteiger partial charge is 0.0634 e. The first kappa shape index (κ1) is 9.75. The van der Waals surface area contributed by atoms with Gasteiger partial charge in [-0.1, -0.05) is 29.3 Å². The van der Waals surface area contributed by atoms with Crippen LogP contribution in [0.1, 0.15) is 12.8 Å². The molecule has 3 heteroatoms. The van der Waals surface area contributed by atoms with Crippen LogP contribution >= 0.6 is 23.2 Å². The summed E-state index contributed by atoms with van der Waals surface area (Å²) < 4.78 is 0. The van der Waals surface area contributed by atoms with Gasteiger partial charge in [0.15, 0.2) is 0 Å². The Labute approximate surface area is 93.1 Å². The molecule has 14 heavy (non-hydrogen) atoms. The fraction of sp³-hybridized carbons (Fsp3) is 0.182. The first-order chi connectivity index (χ1) is 6.75. The molecular weight excluding hydrogens is 217 g/mol. The zero-order chi connectivity index (χ0) is 9.97. The van der Waals surface area contributed by atoms with Gasteiger partial charge in [0.05, 0.1) is 16.4 Å². The molecule has 0 heterocycles. The van der Waals surface area contributed by atoms with Crippen LogP contribution in [0.5, 0.6) is 0 Å². The molecule has 0 spiro atoms. The maximum atomic E-state index is 5.96. The number of nitrogens with zero attached hydrogens (tertiary/aromatic N) is 1. The Kier molecular flexibility index (Phi) is 2.90. The summed E-state index contributed by atoms with van der Waals surface area (Å²) >= 11 is 11.7. The molecule has 2 rings (SSSR count). The normalized spacial score (nSPS) is 18.7. The molecular formula is C11H9Cl2N. The van der Waals surface area contributed by atoms with Crippen LogP contribution in [0.2, 0.25) is 5.02 Å². The van der Waals surface area contributed by atoms with Crippen LogP contribution < -0.4 is 0 Å². The summed E-state index contributed by atoms with van der Waals surface area (Å²) in [5, 5.41) is 1.50. The lowest BCUT2D eigenvalue weighted by molar-refractivity contribution is 1.14. The van der Waals surface area contributed by atoms with Crippen molar-refractivity contribution < 1.29 is 0 Å². The monoisotopic (exact) mass is 225 g/mol. The van der Waals surface area contributed by atoms with Crippen LogP contribution in [0, 0.1) is 0 Å². The van der Waals surface area contributed by atoms with Gasteiger partial charge in [0.1, 0.15) is 0 Å². The molecule has 0 saturated carbocycles. The van der Waals surface area contributed by atoms with Crippen LogP contribution in [-0.4, -0.2) is 5.71 Å². The number of hydrogen-bond donors (Lipinski definition) is 0. The van der Waals surface area contributed by atoms with Crippen LogP contribution in [0.3, 0.4) is 0 Å². The van der Waals surface area contributed by atoms with Gasteiger partial charge in [0.25, 0.3) is 0 Å². The third-order valence-corrected chi connectivity index (χ3v) is 2.70. The second-order valence-corrected chi connectivity index (χ2v) is 3.97. The zero-order valence-electron chi connectivity index (χ0n) is 7.50. The van der Waals surface area contributed by atoms with Crippen molar-refractivity contribution >= 4 is 34.6 Å². The molecule has 1 aliphatic rings. The summed E-state index contributed by atoms with van der Waals surface area (Å²) in [5.74, 6) is 0. The van der Waals surface area contributed by atoms with Crippen LogP contribution in [0.25, 0.3) is 0 Å². The standard InChI is InChI=1S/C11H9Cl2N/c12-8-4-6-9(7-5-8)14-11-3-1-2-10(11)13/h2,4-7H,1,3H2. The third kappa shape index (κ3) is 2.17. The van der Waals surface area contributed by atoms with Gasteiger partial charge in [-0.3, -0.25) is 4.99 Å². The predicted octanol–water partition coefficient (Wildman–Crippen LogP) is 4.33. The van der Waals surface area contributed by atoms with E-state index in [1.165, 1.54) is 0 Å². The predicted molar refractivity (Wildman–Crippen MR) is 61.7 cm³/mol. The topological polar surface area (TPSA) is 12.4 Å². The molecule has 1 aromatic rings. The Morgan fingerprint density at radius 1 is 1.07 bits per heavy atom. The summed E-state index contributed by atoms with van der Waals surface area (Å²) in [6.45, 7) is 0. The van der Waals surface area contributed by atoms with Crippen LogP contribution in [0.4, 0.5) is 5.69 Å². The summed E-state index contributed by atoms with van der Waals surface area (Å²) in [4.78, 5) is 4.44. The van der Waals surface area contributed by atoms with Crippen molar-refractivity contribution in [3.63, 3.8) is 0 Å². The zero-order valence-corrected chi connectivity index (χ0v) is 9.02. The first-order valence-electron chi connectivity index (χ1n) is 4.45. The van der Waals surface area contributed by atoms with E-state index in [1.54, 1.807) is 0 Å². The van der Waals surface area contributed by atoms with Crippen molar-refractivity contribution in [3.05, 3.63) is 40.4 Å². The Morgan fingerprint density at radius 2 is 1.79 bits per heavy atom. The molecule has 0 radical (unpaired) electrons. The molecule has 0 saturated heterocycles. The highest BCUT2D eigenvalue weighted by molar-refractivity contribution is 6.44. The minimum atomic E-state index is 0.724. The largest absolute Gasteiger partial charge is 0.252 e. The van der Waals surface area contributed by atoms with E-state index in [-0.39, 0.29) is 0 Å². The molecule has 72 valence electrons. The Bertz CT molecular complexity index is 390. The quantitative estimate of drug-likeness (QED) is 0.675. The number of halogens is 2. The van der Waals surface area contributed by atoms with Crippen molar-refractivity contribution in [2.24, 2.45) is 4.99 Å².